The lowest BCUT2D eigenvalue weighted by atomic mass is 10.1. The van der Waals surface area contributed by atoms with Gasteiger partial charge in [0.2, 0.25) is 11.9 Å². The maximum absolute atomic E-state index is 13.7. The van der Waals surface area contributed by atoms with Crippen molar-refractivity contribution in [2.24, 2.45) is 4.99 Å². The molecule has 1 amide bonds. The predicted molar refractivity (Wildman–Crippen MR) is 146 cm³/mol. The molecule has 1 fully saturated rings. The molecule has 2 aliphatic heterocycles. The second kappa shape index (κ2) is 8.93. The second-order valence-corrected chi connectivity index (χ2v) is 10.1. The summed E-state index contributed by atoms with van der Waals surface area (Å²) in [6.45, 7) is 0.366. The summed E-state index contributed by atoms with van der Waals surface area (Å²) in [6, 6.07) is 19.6. The van der Waals surface area contributed by atoms with Gasteiger partial charge >= 0.3 is 0 Å². The first kappa shape index (κ1) is 23.4. The van der Waals surface area contributed by atoms with Crippen LogP contribution in [0.1, 0.15) is 35.2 Å². The van der Waals surface area contributed by atoms with Crippen molar-refractivity contribution >= 4 is 29.2 Å². The van der Waals surface area contributed by atoms with Crippen LogP contribution in [-0.2, 0) is 6.54 Å². The highest BCUT2D eigenvalue weighted by Gasteiger charge is 2.49. The van der Waals surface area contributed by atoms with Crippen molar-refractivity contribution in [3.05, 3.63) is 83.8 Å². The van der Waals surface area contributed by atoms with Crippen molar-refractivity contribution in [2.45, 2.75) is 37.9 Å². The van der Waals surface area contributed by atoms with Crippen LogP contribution < -0.4 is 10.2 Å². The number of rotatable bonds is 5. The number of hydrogen-bond donors (Lipinski definition) is 2. The van der Waals surface area contributed by atoms with Crippen molar-refractivity contribution in [3.8, 4) is 17.0 Å². The zero-order chi connectivity index (χ0) is 26.7. The minimum atomic E-state index is -0.525. The van der Waals surface area contributed by atoms with Gasteiger partial charge in [0.15, 0.2) is 5.82 Å². The summed E-state index contributed by atoms with van der Waals surface area (Å²) in [6.07, 6.45) is 3.08. The first-order chi connectivity index (χ1) is 19.0. The number of para-hydroxylation sites is 2. The van der Waals surface area contributed by atoms with E-state index >= 15 is 0 Å². The third-order valence-electron chi connectivity index (χ3n) is 7.71. The van der Waals surface area contributed by atoms with Gasteiger partial charge in [0.05, 0.1) is 30.0 Å². The van der Waals surface area contributed by atoms with Crippen LogP contribution in [0.25, 0.3) is 11.3 Å². The molecular formula is C29H26FN7O2. The molecule has 0 spiro atoms. The Balaban J connectivity index is 1.30. The smallest absolute Gasteiger partial charge is 0.267 e. The summed E-state index contributed by atoms with van der Waals surface area (Å²) < 4.78 is 15.4. The van der Waals surface area contributed by atoms with Crippen LogP contribution in [0.4, 0.5) is 21.7 Å². The van der Waals surface area contributed by atoms with Gasteiger partial charge in [0.1, 0.15) is 17.1 Å². The van der Waals surface area contributed by atoms with E-state index in [0.717, 1.165) is 30.4 Å². The number of anilines is 3. The van der Waals surface area contributed by atoms with Gasteiger partial charge in [-0.1, -0.05) is 42.5 Å². The van der Waals surface area contributed by atoms with Crippen molar-refractivity contribution in [1.29, 1.82) is 0 Å². The fourth-order valence-electron chi connectivity index (χ4n) is 5.78. The Morgan fingerprint density at radius 1 is 1.05 bits per heavy atom. The van der Waals surface area contributed by atoms with Crippen LogP contribution in [0.3, 0.4) is 0 Å². The van der Waals surface area contributed by atoms with Gasteiger partial charge < -0.3 is 10.4 Å². The van der Waals surface area contributed by atoms with E-state index in [1.165, 1.54) is 6.07 Å². The highest BCUT2D eigenvalue weighted by molar-refractivity contribution is 6.21. The summed E-state index contributed by atoms with van der Waals surface area (Å²) in [5, 5.41) is 18.7. The van der Waals surface area contributed by atoms with E-state index < -0.39 is 5.95 Å². The second-order valence-electron chi connectivity index (χ2n) is 10.1. The zero-order valence-corrected chi connectivity index (χ0v) is 21.3. The lowest BCUT2D eigenvalue weighted by molar-refractivity contribution is 0.0866. The van der Waals surface area contributed by atoms with E-state index in [4.69, 9.17) is 10.1 Å². The molecule has 3 aliphatic rings. The topological polar surface area (TPSA) is 98.9 Å². The summed E-state index contributed by atoms with van der Waals surface area (Å²) in [7, 11) is 1.75. The predicted octanol–water partition coefficient (Wildman–Crippen LogP) is 4.76. The molecule has 196 valence electrons. The number of nitrogens with one attached hydrogen (secondary N) is 1. The van der Waals surface area contributed by atoms with Gasteiger partial charge in [-0.15, -0.1) is 0 Å². The van der Waals surface area contributed by atoms with Crippen molar-refractivity contribution in [2.75, 3.05) is 17.3 Å². The molecule has 10 heteroatoms. The number of nitrogens with zero attached hydrogens (tertiary/aromatic N) is 6. The fraction of sp³-hybridized carbons (Fsp3) is 0.241. The minimum absolute atomic E-state index is 0.0711. The van der Waals surface area contributed by atoms with Crippen molar-refractivity contribution in [1.82, 2.24) is 19.7 Å². The van der Waals surface area contributed by atoms with Crippen molar-refractivity contribution in [3.63, 3.8) is 0 Å². The Morgan fingerprint density at radius 3 is 2.67 bits per heavy atom. The monoisotopic (exact) mass is 523 g/mol. The van der Waals surface area contributed by atoms with Crippen LogP contribution in [0.15, 0.2) is 71.7 Å². The van der Waals surface area contributed by atoms with E-state index in [-0.39, 0.29) is 23.7 Å². The molecule has 9 nitrogen and oxygen atoms in total. The number of benzene rings is 2. The Hall–Kier alpha value is -4.73. The summed E-state index contributed by atoms with van der Waals surface area (Å²) in [5.41, 5.74) is 3.22. The van der Waals surface area contributed by atoms with Gasteiger partial charge in [-0.05, 0) is 49.1 Å². The third kappa shape index (κ3) is 3.82. The maximum atomic E-state index is 13.7. The summed E-state index contributed by atoms with van der Waals surface area (Å²) in [4.78, 5) is 26.2. The van der Waals surface area contributed by atoms with Gasteiger partial charge in [-0.25, -0.2) is 14.7 Å². The largest absolute Gasteiger partial charge is 0.506 e. The SMILES string of the molecule is CN1C(=O)c2c(nn(Cc3ccc(-c4cccc(F)n4)cc3)c2Nc2ccccc2O)N2C1=N[C@@H]1CCC[C@@H]12. The number of carbonyl (C=O) groups excluding carboxylic acids is 1. The Bertz CT molecular complexity index is 1630. The van der Waals surface area contributed by atoms with E-state index in [2.05, 4.69) is 15.2 Å². The Labute approximate surface area is 224 Å². The first-order valence-electron chi connectivity index (χ1n) is 13.0. The molecule has 2 aromatic heterocycles. The van der Waals surface area contributed by atoms with Gasteiger partial charge in [-0.3, -0.25) is 14.6 Å². The molecule has 4 heterocycles. The fourth-order valence-corrected chi connectivity index (χ4v) is 5.78. The summed E-state index contributed by atoms with van der Waals surface area (Å²) in [5.74, 6) is 1.08. The van der Waals surface area contributed by atoms with E-state index in [0.29, 0.717) is 41.1 Å². The quantitative estimate of drug-likeness (QED) is 0.289. The van der Waals surface area contributed by atoms with Crippen LogP contribution in [0.5, 0.6) is 5.75 Å². The van der Waals surface area contributed by atoms with Crippen LogP contribution in [0, 0.1) is 5.95 Å². The maximum Gasteiger partial charge on any atom is 0.267 e. The summed E-state index contributed by atoms with van der Waals surface area (Å²) >= 11 is 0. The highest BCUT2D eigenvalue weighted by Crippen LogP contribution is 2.43. The number of pyridine rings is 1. The number of phenolic OH excluding ortho intramolecular Hbond substituents is 1. The number of hydrogen-bond acceptors (Lipinski definition) is 7. The Morgan fingerprint density at radius 2 is 1.87 bits per heavy atom. The van der Waals surface area contributed by atoms with E-state index in [9.17, 15) is 14.3 Å². The number of aliphatic imine (C=N–C) groups is 1. The van der Waals surface area contributed by atoms with Crippen LogP contribution in [0.2, 0.25) is 0 Å². The molecule has 1 aliphatic carbocycles. The average molecular weight is 524 g/mol. The zero-order valence-electron chi connectivity index (χ0n) is 21.3. The molecule has 39 heavy (non-hydrogen) atoms. The number of aromatic nitrogens is 3. The number of carbonyl (C=O) groups is 1. The van der Waals surface area contributed by atoms with Gasteiger partial charge in [0, 0.05) is 12.6 Å². The lowest BCUT2D eigenvalue weighted by Gasteiger charge is -2.34. The van der Waals surface area contributed by atoms with Crippen LogP contribution >= 0.6 is 0 Å². The van der Waals surface area contributed by atoms with Gasteiger partial charge in [-0.2, -0.15) is 9.49 Å². The van der Waals surface area contributed by atoms with Gasteiger partial charge in [0.25, 0.3) is 5.91 Å². The molecule has 2 atom stereocenters. The molecule has 4 aromatic rings. The molecule has 1 saturated carbocycles. The number of fused-ring (bicyclic) bond motifs is 5. The highest BCUT2D eigenvalue weighted by atomic mass is 19.1. The number of aromatic hydroxyl groups is 1. The van der Waals surface area contributed by atoms with Crippen molar-refractivity contribution < 1.29 is 14.3 Å². The lowest BCUT2D eigenvalue weighted by Crippen LogP contribution is -2.51. The third-order valence-corrected chi connectivity index (χ3v) is 7.71. The molecule has 0 saturated heterocycles. The number of amides is 1. The average Bonchev–Trinajstić information content (AvgIpc) is 3.63. The Kier molecular flexibility index (Phi) is 5.36. The van der Waals surface area contributed by atoms with E-state index in [1.807, 2.05) is 30.3 Å². The number of guanidine groups is 1. The standard InChI is InChI=1S/C29H26FN7O2/c1-35-28(39)25-26(32-21-6-2-3-10-23(21)38)36(34-27(25)37-22-9-4-8-20(22)33-29(35)37)16-17-12-14-18(15-13-17)19-7-5-11-24(30)31-19/h2-3,5-7,10-15,20,22,32,38H,4,8-9,16H2,1H3/t20-,22+/m1/s1. The minimum Gasteiger partial charge on any atom is -0.506 e. The number of phenols is 1. The molecule has 2 aromatic carbocycles. The molecule has 2 N–H and O–H groups in total. The van der Waals surface area contributed by atoms with Crippen LogP contribution in [-0.4, -0.2) is 55.8 Å². The molecule has 7 rings (SSSR count). The molecule has 0 radical (unpaired) electrons. The molecule has 0 bridgehead atoms. The number of halogens is 1. The normalized spacial score (nSPS) is 19.5. The first-order valence-corrected chi connectivity index (χ1v) is 13.0. The van der Waals surface area contributed by atoms with E-state index in [1.54, 1.807) is 47.0 Å². The molecular weight excluding hydrogens is 497 g/mol. The molecule has 0 unspecified atom stereocenters.